The number of benzene rings is 1. The van der Waals surface area contributed by atoms with Crippen LogP contribution in [-0.2, 0) is 0 Å². The van der Waals surface area contributed by atoms with Crippen LogP contribution in [0.5, 0.6) is 0 Å². The Kier molecular flexibility index (Phi) is 2.99. The monoisotopic (exact) mass is 257 g/mol. The van der Waals surface area contributed by atoms with Gasteiger partial charge in [0.2, 0.25) is 0 Å². The van der Waals surface area contributed by atoms with Crippen molar-refractivity contribution in [3.8, 4) is 11.1 Å². The summed E-state index contributed by atoms with van der Waals surface area (Å²) in [5, 5.41) is 0.789. The maximum absolute atomic E-state index is 13.0. The molecule has 2 nitrogen and oxygen atoms in total. The first-order chi connectivity index (χ1) is 7.56. The van der Waals surface area contributed by atoms with Crippen molar-refractivity contribution in [1.29, 1.82) is 0 Å². The highest BCUT2D eigenvalue weighted by atomic mass is 35.5. The molecular weight excluding hydrogens is 252 g/mol. The summed E-state index contributed by atoms with van der Waals surface area (Å²) in [6, 6.07) is 5.79. The molecule has 1 heterocycles. The van der Waals surface area contributed by atoms with Crippen molar-refractivity contribution in [3.05, 3.63) is 56.7 Å². The van der Waals surface area contributed by atoms with Crippen molar-refractivity contribution in [2.75, 3.05) is 0 Å². The fraction of sp³-hybridized carbons (Fsp3) is 0. The molecule has 1 aromatic carbocycles. The number of hydrogen-bond donors (Lipinski definition) is 1. The maximum atomic E-state index is 13.0. The van der Waals surface area contributed by atoms with Crippen LogP contribution in [-0.4, -0.2) is 4.98 Å². The zero-order valence-electron chi connectivity index (χ0n) is 7.93. The molecule has 2 rings (SSSR count). The minimum Gasteiger partial charge on any atom is -0.326 e. The van der Waals surface area contributed by atoms with Crippen molar-refractivity contribution in [3.63, 3.8) is 0 Å². The average Bonchev–Trinajstić information content (AvgIpc) is 2.20. The summed E-state index contributed by atoms with van der Waals surface area (Å²) in [6.07, 6.45) is 0.998. The SMILES string of the molecule is O=c1[nH]cc(F)cc1-c1cc(Cl)cc(Cl)c1. The molecule has 0 bridgehead atoms. The van der Waals surface area contributed by atoms with Gasteiger partial charge in [0.1, 0.15) is 5.82 Å². The van der Waals surface area contributed by atoms with Gasteiger partial charge in [-0.2, -0.15) is 0 Å². The summed E-state index contributed by atoms with van der Waals surface area (Å²) in [5.74, 6) is -0.523. The van der Waals surface area contributed by atoms with Crippen molar-refractivity contribution >= 4 is 23.2 Å². The predicted molar refractivity (Wildman–Crippen MR) is 62.5 cm³/mol. The van der Waals surface area contributed by atoms with Gasteiger partial charge in [0, 0.05) is 21.8 Å². The first-order valence-electron chi connectivity index (χ1n) is 4.41. The molecule has 0 aliphatic carbocycles. The topological polar surface area (TPSA) is 32.9 Å². The highest BCUT2D eigenvalue weighted by Crippen LogP contribution is 2.25. The predicted octanol–water partition coefficient (Wildman–Crippen LogP) is 3.49. The van der Waals surface area contributed by atoms with E-state index in [4.69, 9.17) is 23.2 Å². The molecule has 82 valence electrons. The minimum atomic E-state index is -0.523. The maximum Gasteiger partial charge on any atom is 0.256 e. The van der Waals surface area contributed by atoms with E-state index in [1.807, 2.05) is 0 Å². The molecule has 0 fully saturated rings. The average molecular weight is 258 g/mol. The second-order valence-electron chi connectivity index (χ2n) is 3.22. The van der Waals surface area contributed by atoms with E-state index in [1.165, 1.54) is 0 Å². The van der Waals surface area contributed by atoms with E-state index < -0.39 is 5.82 Å². The Morgan fingerprint density at radius 2 is 1.69 bits per heavy atom. The zero-order chi connectivity index (χ0) is 11.7. The van der Waals surface area contributed by atoms with Gasteiger partial charge in [-0.1, -0.05) is 23.2 Å². The summed E-state index contributed by atoms with van der Waals surface area (Å²) in [5.41, 5.74) is 0.294. The van der Waals surface area contributed by atoms with E-state index >= 15 is 0 Å². The third kappa shape index (κ3) is 2.26. The summed E-state index contributed by atoms with van der Waals surface area (Å²) in [6.45, 7) is 0. The molecule has 2 aromatic rings. The second kappa shape index (κ2) is 4.28. The van der Waals surface area contributed by atoms with Gasteiger partial charge in [0.15, 0.2) is 0 Å². The highest BCUT2D eigenvalue weighted by Gasteiger charge is 2.06. The number of aromatic nitrogens is 1. The van der Waals surface area contributed by atoms with Gasteiger partial charge in [-0.25, -0.2) is 4.39 Å². The molecule has 0 saturated carbocycles. The van der Waals surface area contributed by atoms with E-state index in [1.54, 1.807) is 18.2 Å². The van der Waals surface area contributed by atoms with Gasteiger partial charge < -0.3 is 4.98 Å². The fourth-order valence-corrected chi connectivity index (χ4v) is 1.91. The Labute approximate surface area is 101 Å². The molecule has 0 spiro atoms. The summed E-state index contributed by atoms with van der Waals surface area (Å²) in [7, 11) is 0. The van der Waals surface area contributed by atoms with Gasteiger partial charge >= 0.3 is 0 Å². The lowest BCUT2D eigenvalue weighted by Crippen LogP contribution is -2.08. The summed E-state index contributed by atoms with van der Waals surface area (Å²) < 4.78 is 13.0. The first kappa shape index (κ1) is 11.2. The molecule has 0 radical (unpaired) electrons. The number of aromatic amines is 1. The Morgan fingerprint density at radius 1 is 1.06 bits per heavy atom. The van der Waals surface area contributed by atoms with Crippen LogP contribution in [0.1, 0.15) is 0 Å². The van der Waals surface area contributed by atoms with Gasteiger partial charge in [-0.3, -0.25) is 4.79 Å². The molecule has 16 heavy (non-hydrogen) atoms. The molecule has 1 aromatic heterocycles. The Balaban J connectivity index is 2.67. The van der Waals surface area contributed by atoms with Crippen LogP contribution in [0.4, 0.5) is 4.39 Å². The fourth-order valence-electron chi connectivity index (χ4n) is 1.38. The van der Waals surface area contributed by atoms with Gasteiger partial charge in [-0.15, -0.1) is 0 Å². The van der Waals surface area contributed by atoms with Crippen LogP contribution in [0.2, 0.25) is 10.0 Å². The van der Waals surface area contributed by atoms with Crippen LogP contribution in [0.25, 0.3) is 11.1 Å². The largest absolute Gasteiger partial charge is 0.326 e. The third-order valence-corrected chi connectivity index (χ3v) is 2.48. The molecule has 0 aliphatic heterocycles. The molecule has 0 saturated heterocycles. The number of nitrogens with one attached hydrogen (secondary N) is 1. The Bertz CT molecular complexity index is 575. The van der Waals surface area contributed by atoms with E-state index in [9.17, 15) is 9.18 Å². The molecule has 0 amide bonds. The molecule has 1 N–H and O–H groups in total. The van der Waals surface area contributed by atoms with Crippen molar-refractivity contribution in [1.82, 2.24) is 4.98 Å². The molecule has 0 unspecified atom stereocenters. The van der Waals surface area contributed by atoms with Crippen molar-refractivity contribution < 1.29 is 4.39 Å². The van der Waals surface area contributed by atoms with Crippen LogP contribution in [0, 0.1) is 5.82 Å². The second-order valence-corrected chi connectivity index (χ2v) is 4.09. The number of pyridine rings is 1. The van der Waals surface area contributed by atoms with Gasteiger partial charge in [0.05, 0.1) is 0 Å². The first-order valence-corrected chi connectivity index (χ1v) is 5.16. The van der Waals surface area contributed by atoms with E-state index in [0.717, 1.165) is 12.3 Å². The Hall–Kier alpha value is -1.32. The molecular formula is C11H6Cl2FNO. The number of halogens is 3. The summed E-state index contributed by atoms with van der Waals surface area (Å²) in [4.78, 5) is 13.8. The van der Waals surface area contributed by atoms with Crippen LogP contribution in [0.3, 0.4) is 0 Å². The quantitative estimate of drug-likeness (QED) is 0.834. The normalized spacial score (nSPS) is 10.4. The third-order valence-electron chi connectivity index (χ3n) is 2.04. The lowest BCUT2D eigenvalue weighted by molar-refractivity contribution is 0.621. The van der Waals surface area contributed by atoms with E-state index in [0.29, 0.717) is 15.6 Å². The van der Waals surface area contributed by atoms with Crippen LogP contribution < -0.4 is 5.56 Å². The van der Waals surface area contributed by atoms with E-state index in [-0.39, 0.29) is 11.1 Å². The lowest BCUT2D eigenvalue weighted by Gasteiger charge is -2.02. The number of H-pyrrole nitrogens is 1. The number of hydrogen-bond acceptors (Lipinski definition) is 1. The van der Waals surface area contributed by atoms with Crippen LogP contribution >= 0.6 is 23.2 Å². The standard InChI is InChI=1S/C11H6Cl2FNO/c12-7-1-6(2-8(13)3-7)10-4-9(14)5-15-11(10)16/h1-5H,(H,15,16). The Morgan fingerprint density at radius 3 is 2.31 bits per heavy atom. The van der Waals surface area contributed by atoms with Gasteiger partial charge in [0.25, 0.3) is 5.56 Å². The smallest absolute Gasteiger partial charge is 0.256 e. The van der Waals surface area contributed by atoms with Gasteiger partial charge in [-0.05, 0) is 29.8 Å². The molecule has 0 aliphatic rings. The highest BCUT2D eigenvalue weighted by molar-refractivity contribution is 6.35. The summed E-state index contributed by atoms with van der Waals surface area (Å²) >= 11 is 11.6. The minimum absolute atomic E-state index is 0.199. The van der Waals surface area contributed by atoms with E-state index in [2.05, 4.69) is 4.98 Å². The molecule has 5 heteroatoms. The molecule has 0 atom stereocenters. The lowest BCUT2D eigenvalue weighted by atomic mass is 10.1. The van der Waals surface area contributed by atoms with Crippen LogP contribution in [0.15, 0.2) is 35.3 Å². The number of rotatable bonds is 1. The van der Waals surface area contributed by atoms with Crippen molar-refractivity contribution in [2.24, 2.45) is 0 Å². The zero-order valence-corrected chi connectivity index (χ0v) is 9.44. The van der Waals surface area contributed by atoms with Crippen molar-refractivity contribution in [2.45, 2.75) is 0 Å².